The molecule has 4 N–H and O–H groups in total. The van der Waals surface area contributed by atoms with Crippen molar-refractivity contribution >= 4 is 45.7 Å². The lowest BCUT2D eigenvalue weighted by atomic mass is 10.0. The van der Waals surface area contributed by atoms with Crippen LogP contribution in [0.1, 0.15) is 113 Å². The van der Waals surface area contributed by atoms with Crippen LogP contribution in [0.2, 0.25) is 0 Å². The Hall–Kier alpha value is -5.73. The molecule has 14 rings (SSSR count). The predicted molar refractivity (Wildman–Crippen MR) is 453 cm³/mol. The highest BCUT2D eigenvalue weighted by molar-refractivity contribution is 9.09. The summed E-state index contributed by atoms with van der Waals surface area (Å²) in [5.74, 6) is 7.12. The van der Waals surface area contributed by atoms with Crippen LogP contribution in [0.5, 0.6) is 0 Å². The van der Waals surface area contributed by atoms with E-state index in [1.165, 1.54) is 61.5 Å². The van der Waals surface area contributed by atoms with Crippen LogP contribution in [-0.2, 0) is 59.6 Å². The van der Waals surface area contributed by atoms with Gasteiger partial charge in [-0.1, -0.05) is 159 Å². The molecule has 2 amide bonds. The number of carbonyl (C=O) groups excluding carboxylic acids is 4. The van der Waals surface area contributed by atoms with Gasteiger partial charge in [0.05, 0.1) is 26.2 Å². The van der Waals surface area contributed by atoms with Gasteiger partial charge in [0.2, 0.25) is 11.8 Å². The number of rotatable bonds is 23. The molecule has 111 heavy (non-hydrogen) atoms. The first-order chi connectivity index (χ1) is 52.8. The summed E-state index contributed by atoms with van der Waals surface area (Å²) in [6.45, 7) is 57.8. The molecule has 4 aromatic rings. The summed E-state index contributed by atoms with van der Waals surface area (Å²) in [5, 5.41) is 19.1. The number of esters is 2. The molecule has 0 spiro atoms. The summed E-state index contributed by atoms with van der Waals surface area (Å²) in [6, 6.07) is 42.8. The molecule has 10 fully saturated rings. The quantitative estimate of drug-likeness (QED) is 0.0405. The fourth-order valence-corrected chi connectivity index (χ4v) is 18.1. The number of aliphatic carboxylic acids is 1. The highest BCUT2D eigenvalue weighted by Crippen LogP contribution is 2.35. The molecule has 10 saturated heterocycles. The van der Waals surface area contributed by atoms with Crippen molar-refractivity contribution in [1.29, 1.82) is 0 Å². The van der Waals surface area contributed by atoms with Crippen LogP contribution < -0.4 is 16.0 Å². The van der Waals surface area contributed by atoms with Crippen molar-refractivity contribution < 1.29 is 38.6 Å². The molecule has 10 aliphatic heterocycles. The normalized spacial score (nSPS) is 24.8. The maximum Gasteiger partial charge on any atom is 0.320 e. The Morgan fingerprint density at radius 3 is 0.838 bits per heavy atom. The number of hydrogen-bond acceptors (Lipinski definition) is 18. The van der Waals surface area contributed by atoms with Crippen molar-refractivity contribution in [1.82, 2.24) is 64.9 Å². The van der Waals surface area contributed by atoms with Crippen LogP contribution >= 0.6 is 15.9 Å². The Morgan fingerprint density at radius 1 is 0.378 bits per heavy atom. The fourth-order valence-electron chi connectivity index (χ4n) is 18.0. The Morgan fingerprint density at radius 2 is 0.613 bits per heavy atom. The average Bonchev–Trinajstić information content (AvgIpc) is 1.67. The van der Waals surface area contributed by atoms with Crippen LogP contribution in [0.4, 0.5) is 0 Å². The van der Waals surface area contributed by atoms with Crippen molar-refractivity contribution in [2.75, 3.05) is 202 Å². The van der Waals surface area contributed by atoms with E-state index in [-0.39, 0.29) is 54.3 Å². The maximum atomic E-state index is 12.3. The van der Waals surface area contributed by atoms with E-state index in [2.05, 4.69) is 214 Å². The van der Waals surface area contributed by atoms with Gasteiger partial charge in [0, 0.05) is 157 Å². The Labute approximate surface area is 677 Å². The van der Waals surface area contributed by atoms with E-state index in [9.17, 15) is 24.0 Å². The molecule has 10 heterocycles. The van der Waals surface area contributed by atoms with E-state index in [1.54, 1.807) is 0 Å². The molecule has 10 aliphatic rings. The number of benzene rings is 4. The van der Waals surface area contributed by atoms with Gasteiger partial charge in [0.25, 0.3) is 0 Å². The lowest BCUT2D eigenvalue weighted by Gasteiger charge is -2.24. The van der Waals surface area contributed by atoms with E-state index < -0.39 is 5.97 Å². The number of halogens is 1. The number of hydrogen-bond donors (Lipinski definition) is 4. The molecule has 0 aromatic heterocycles. The topological polar surface area (TPSA) is 193 Å². The molecular weight excluding hydrogens is 1460 g/mol. The number of nitrogens with zero attached hydrogens (tertiary/aromatic N) is 10. The largest absolute Gasteiger partial charge is 0.480 e. The molecule has 4 aromatic carbocycles. The third-order valence-electron chi connectivity index (χ3n) is 22.9. The number of nitrogens with one attached hydrogen (secondary N) is 3. The van der Waals surface area contributed by atoms with Gasteiger partial charge in [-0.15, -0.1) is 0 Å². The minimum absolute atomic E-state index is 0. The standard InChI is InChI=1S/C19H29N3O.C19H28N2O2.C15H20N2O2.C13H18N2.C12H23N3O.C6H11BrO2.C4H11N.CH4/c1-3-22(4-2)19(23)15-21-13-17-11-20(12-18(17)14-21)10-16-8-6-5-7-9-16;1-19(2,3)23-18(22)14-21-12-16-10-20(11-17(16)13-21)9-15-7-5-4-6-8-15;18-15(19)11-17-9-13-7-16(8-14(13)10-17)6-12-4-2-1-3-5-12;1-2-4-11(5-3-1)8-15-9-12-6-14-7-13(12)10-15;1-3-15(4-2)12(16)9-14-7-10-5-13-6-11(10)8-14;1-6(2,3)9-5(8)4-7;1-3-5-4-2;/h5-9,17-18H,3-4,10-15H2,1-2H3;4-8,16-17H,9-14H2,1-3H3;1-5,13-14H,6-11H2,(H,18,19);1-5,12-14H,6-10H2;10-11,13H,3-9H2,1-2H3;4H2,1-3H3;5H,3-4H2,1-2H3;1H4/t17-,18+;16-,17+;13-,14+;12-,13+;10-,11+;;;. The predicted octanol–water partition coefficient (Wildman–Crippen LogP) is 9.76. The van der Waals surface area contributed by atoms with E-state index >= 15 is 0 Å². The number of likely N-dealkylation sites (tertiary alicyclic amines) is 8. The smallest absolute Gasteiger partial charge is 0.320 e. The molecule has 0 saturated carbocycles. The van der Waals surface area contributed by atoms with E-state index in [0.717, 1.165) is 193 Å². The molecule has 0 radical (unpaired) electrons. The molecule has 0 unspecified atom stereocenters. The van der Waals surface area contributed by atoms with E-state index in [1.807, 2.05) is 71.3 Å². The van der Waals surface area contributed by atoms with Gasteiger partial charge in [0.1, 0.15) is 16.5 Å². The summed E-state index contributed by atoms with van der Waals surface area (Å²) in [4.78, 5) is 80.6. The van der Waals surface area contributed by atoms with Crippen LogP contribution in [0.15, 0.2) is 121 Å². The van der Waals surface area contributed by atoms with Gasteiger partial charge in [-0.25, -0.2) is 0 Å². The fraction of sp³-hybridized carbons (Fsp3) is 0.674. The second-order valence-corrected chi connectivity index (χ2v) is 34.8. The second kappa shape index (κ2) is 47.3. The van der Waals surface area contributed by atoms with Gasteiger partial charge in [0.15, 0.2) is 0 Å². The zero-order valence-electron chi connectivity index (χ0n) is 69.2. The average molecular weight is 1600 g/mol. The number of carboxylic acids is 1. The highest BCUT2D eigenvalue weighted by atomic mass is 79.9. The number of carboxylic acid groups (broad SMARTS) is 1. The number of carbonyl (C=O) groups is 5. The second-order valence-electron chi connectivity index (χ2n) is 34.2. The van der Waals surface area contributed by atoms with E-state index in [0.29, 0.717) is 43.3 Å². The minimum Gasteiger partial charge on any atom is -0.480 e. The zero-order chi connectivity index (χ0) is 79.2. The molecular formula is C89H144BrN13O8. The zero-order valence-corrected chi connectivity index (χ0v) is 70.8. The van der Waals surface area contributed by atoms with Crippen molar-refractivity contribution in [2.24, 2.45) is 59.2 Å². The van der Waals surface area contributed by atoms with Crippen LogP contribution in [0.3, 0.4) is 0 Å². The summed E-state index contributed by atoms with van der Waals surface area (Å²) < 4.78 is 10.3. The van der Waals surface area contributed by atoms with Gasteiger partial charge >= 0.3 is 17.9 Å². The number of ether oxygens (including phenoxy) is 2. The SMILES string of the molecule is C.CC(C)(C)OC(=O)CBr.CC(C)(C)OC(=O)CN1C[C@@H]2CN(Cc3ccccc3)C[C@@H]2C1.CCN(CC)C(=O)CN1C[C@@H]2CN(Cc3ccccc3)C[C@@H]2C1.CCN(CC)C(=O)CN1C[C@H]2CNC[C@H]2C1.CCNCC.O=C(O)CN1C[C@@H]2CN(Cc3ccccc3)C[C@@H]2C1.c1ccc(CN2C[C@H]3CNC[C@H]3C2)cc1. The van der Waals surface area contributed by atoms with Crippen LogP contribution in [0, 0.1) is 59.2 Å². The monoisotopic (exact) mass is 1600 g/mol. The molecule has 0 aliphatic carbocycles. The Kier molecular flexibility index (Phi) is 39.4. The van der Waals surface area contributed by atoms with Crippen LogP contribution in [-0.4, -0.2) is 297 Å². The Balaban J connectivity index is 0.000000186. The number of fused-ring (bicyclic) bond motifs is 5. The molecule has 620 valence electrons. The number of likely N-dealkylation sites (N-methyl/N-ethyl adjacent to an activating group) is 2. The van der Waals surface area contributed by atoms with Crippen molar-refractivity contribution in [3.8, 4) is 0 Å². The number of alkyl halides is 1. The first-order valence-electron chi connectivity index (χ1n) is 41.6. The molecule has 21 nitrogen and oxygen atoms in total. The van der Waals surface area contributed by atoms with Crippen molar-refractivity contribution in [2.45, 2.75) is 128 Å². The van der Waals surface area contributed by atoms with Crippen LogP contribution in [0.25, 0.3) is 0 Å². The third-order valence-corrected chi connectivity index (χ3v) is 23.4. The van der Waals surface area contributed by atoms with E-state index in [4.69, 9.17) is 14.6 Å². The summed E-state index contributed by atoms with van der Waals surface area (Å²) in [5.41, 5.74) is 4.86. The molecule has 10 atom stereocenters. The Bertz CT molecular complexity index is 3240. The lowest BCUT2D eigenvalue weighted by molar-refractivity contribution is -0.156. The molecule has 22 heteroatoms. The molecule has 0 bridgehead atoms. The minimum atomic E-state index is -0.707. The van der Waals surface area contributed by atoms with Gasteiger partial charge in [-0.05, 0) is 190 Å². The van der Waals surface area contributed by atoms with Gasteiger partial charge in [-0.2, -0.15) is 0 Å². The lowest BCUT2D eigenvalue weighted by Crippen LogP contribution is -2.40. The summed E-state index contributed by atoms with van der Waals surface area (Å²) in [6.07, 6.45) is 0. The summed E-state index contributed by atoms with van der Waals surface area (Å²) in [7, 11) is 0. The van der Waals surface area contributed by atoms with Gasteiger partial charge < -0.3 is 40.3 Å². The van der Waals surface area contributed by atoms with Crippen molar-refractivity contribution in [3.05, 3.63) is 144 Å². The van der Waals surface area contributed by atoms with Crippen molar-refractivity contribution in [3.63, 3.8) is 0 Å². The number of amides is 2. The first-order valence-corrected chi connectivity index (χ1v) is 42.8. The first kappa shape index (κ1) is 92.4. The summed E-state index contributed by atoms with van der Waals surface area (Å²) >= 11 is 2.99. The van der Waals surface area contributed by atoms with Gasteiger partial charge in [-0.3, -0.25) is 63.2 Å². The highest BCUT2D eigenvalue weighted by Gasteiger charge is 2.44. The maximum absolute atomic E-state index is 12.3. The third kappa shape index (κ3) is 32.1.